The topological polar surface area (TPSA) is 157 Å². The van der Waals surface area contributed by atoms with Crippen molar-refractivity contribution < 1.29 is 28.9 Å². The lowest BCUT2D eigenvalue weighted by molar-refractivity contribution is -0.385. The Kier molecular flexibility index (Phi) is 9.42. The Labute approximate surface area is 245 Å². The summed E-state index contributed by atoms with van der Waals surface area (Å²) in [5.74, 6) is -0.971. The molecule has 1 saturated heterocycles. The molecule has 1 fully saturated rings. The summed E-state index contributed by atoms with van der Waals surface area (Å²) in [6.07, 6.45) is 0.116. The molecule has 0 spiro atoms. The number of nitro benzene ring substituents is 2. The van der Waals surface area contributed by atoms with Gasteiger partial charge in [0.15, 0.2) is 11.5 Å². The van der Waals surface area contributed by atoms with Gasteiger partial charge in [0.25, 0.3) is 17.3 Å². The van der Waals surface area contributed by atoms with Crippen molar-refractivity contribution in [3.05, 3.63) is 97.0 Å². The molecule has 1 aliphatic rings. The van der Waals surface area contributed by atoms with Crippen molar-refractivity contribution in [2.75, 3.05) is 45.3 Å². The molecule has 4 rings (SSSR count). The van der Waals surface area contributed by atoms with Crippen LogP contribution in [-0.4, -0.2) is 73.0 Å². The van der Waals surface area contributed by atoms with Crippen molar-refractivity contribution in [2.24, 2.45) is 0 Å². The number of nitrogens with one attached hydrogen (secondary N) is 1. The number of benzene rings is 3. The van der Waals surface area contributed by atoms with Crippen LogP contribution in [0.4, 0.5) is 17.1 Å². The normalized spacial score (nSPS) is 13.7. The third-order valence-electron chi connectivity index (χ3n) is 6.92. The fourth-order valence-corrected chi connectivity index (χ4v) is 4.81. The SMILES string of the molecule is COc1cc(C(=O)NC(Cc2ccc(Cl)cc2)C(=O)N2CCN(c3ccc([N+](=O)[O-])cc3)CC2)c([N+](=O)[O-])cc1OC. The average Bonchev–Trinajstić information content (AvgIpc) is 3.00. The zero-order valence-corrected chi connectivity index (χ0v) is 23.6. The van der Waals surface area contributed by atoms with Crippen molar-refractivity contribution in [2.45, 2.75) is 12.5 Å². The Bertz CT molecular complexity index is 1470. The fourth-order valence-electron chi connectivity index (χ4n) is 4.68. The maximum Gasteiger partial charge on any atom is 0.286 e. The predicted octanol–water partition coefficient (Wildman–Crippen LogP) is 3.86. The highest BCUT2D eigenvalue weighted by Gasteiger charge is 2.32. The number of hydrogen-bond donors (Lipinski definition) is 1. The molecule has 220 valence electrons. The van der Waals surface area contributed by atoms with Gasteiger partial charge in [0, 0.05) is 61.5 Å². The van der Waals surface area contributed by atoms with E-state index in [2.05, 4.69) is 5.32 Å². The molecular formula is C28H28ClN5O8. The van der Waals surface area contributed by atoms with Gasteiger partial charge in [-0.25, -0.2) is 0 Å². The molecule has 14 heteroatoms. The third-order valence-corrected chi connectivity index (χ3v) is 7.17. The van der Waals surface area contributed by atoms with Crippen LogP contribution < -0.4 is 19.7 Å². The first-order chi connectivity index (χ1) is 20.1. The molecular weight excluding hydrogens is 570 g/mol. The number of non-ortho nitro benzene ring substituents is 1. The van der Waals surface area contributed by atoms with E-state index in [4.69, 9.17) is 21.1 Å². The highest BCUT2D eigenvalue weighted by Crippen LogP contribution is 2.34. The maximum absolute atomic E-state index is 13.8. The number of hydrogen-bond acceptors (Lipinski definition) is 9. The first-order valence-electron chi connectivity index (χ1n) is 12.8. The summed E-state index contributed by atoms with van der Waals surface area (Å²) in [4.78, 5) is 52.4. The second-order valence-electron chi connectivity index (χ2n) is 9.42. The summed E-state index contributed by atoms with van der Waals surface area (Å²) in [6, 6.07) is 14.3. The minimum atomic E-state index is -1.04. The van der Waals surface area contributed by atoms with E-state index in [-0.39, 0.29) is 35.1 Å². The molecule has 1 N–H and O–H groups in total. The van der Waals surface area contributed by atoms with Gasteiger partial charge in [-0.3, -0.25) is 29.8 Å². The molecule has 0 aromatic heterocycles. The van der Waals surface area contributed by atoms with Crippen LogP contribution in [0.3, 0.4) is 0 Å². The summed E-state index contributed by atoms with van der Waals surface area (Å²) < 4.78 is 10.4. The quantitative estimate of drug-likeness (QED) is 0.270. The molecule has 1 aliphatic heterocycles. The monoisotopic (exact) mass is 597 g/mol. The molecule has 0 radical (unpaired) electrons. The molecule has 2 amide bonds. The van der Waals surface area contributed by atoms with Crippen molar-refractivity contribution in [3.63, 3.8) is 0 Å². The number of methoxy groups -OCH3 is 2. The van der Waals surface area contributed by atoms with Gasteiger partial charge in [-0.2, -0.15) is 0 Å². The van der Waals surface area contributed by atoms with Crippen LogP contribution >= 0.6 is 11.6 Å². The first-order valence-corrected chi connectivity index (χ1v) is 13.2. The van der Waals surface area contributed by atoms with Crippen LogP contribution in [0.15, 0.2) is 60.7 Å². The Hall–Kier alpha value is -4.91. The molecule has 13 nitrogen and oxygen atoms in total. The van der Waals surface area contributed by atoms with Crippen LogP contribution in [0, 0.1) is 20.2 Å². The predicted molar refractivity (Wildman–Crippen MR) is 154 cm³/mol. The third kappa shape index (κ3) is 6.86. The number of halogens is 1. The van der Waals surface area contributed by atoms with Crippen molar-refractivity contribution in [1.82, 2.24) is 10.2 Å². The number of carbonyl (C=O) groups excluding carboxylic acids is 2. The van der Waals surface area contributed by atoms with Crippen LogP contribution in [0.25, 0.3) is 0 Å². The number of carbonyl (C=O) groups is 2. The van der Waals surface area contributed by atoms with Gasteiger partial charge in [-0.05, 0) is 29.8 Å². The van der Waals surface area contributed by atoms with E-state index in [1.165, 1.54) is 32.4 Å². The number of anilines is 1. The van der Waals surface area contributed by atoms with Crippen LogP contribution in [0.1, 0.15) is 15.9 Å². The van der Waals surface area contributed by atoms with E-state index in [0.717, 1.165) is 17.3 Å². The number of nitro groups is 2. The molecule has 42 heavy (non-hydrogen) atoms. The summed E-state index contributed by atoms with van der Waals surface area (Å²) in [6.45, 7) is 1.59. The second-order valence-corrected chi connectivity index (χ2v) is 9.86. The lowest BCUT2D eigenvalue weighted by Gasteiger charge is -2.37. The summed E-state index contributed by atoms with van der Waals surface area (Å²) >= 11 is 6.02. The average molecular weight is 598 g/mol. The zero-order valence-electron chi connectivity index (χ0n) is 22.8. The number of nitrogens with zero attached hydrogens (tertiary/aromatic N) is 4. The smallest absolute Gasteiger partial charge is 0.286 e. The van der Waals surface area contributed by atoms with Crippen LogP contribution in [-0.2, 0) is 11.2 Å². The minimum Gasteiger partial charge on any atom is -0.493 e. The van der Waals surface area contributed by atoms with Gasteiger partial charge in [-0.1, -0.05) is 23.7 Å². The molecule has 3 aromatic carbocycles. The van der Waals surface area contributed by atoms with E-state index in [1.807, 2.05) is 4.90 Å². The van der Waals surface area contributed by atoms with Crippen LogP contribution in [0.5, 0.6) is 11.5 Å². The van der Waals surface area contributed by atoms with E-state index in [1.54, 1.807) is 41.3 Å². The minimum absolute atomic E-state index is 0.0111. The molecule has 0 aliphatic carbocycles. The Morgan fingerprint density at radius 1 is 0.905 bits per heavy atom. The standard InChI is InChI=1S/C28H28ClN5O8/c1-41-25-16-22(24(34(39)40)17-26(25)42-2)27(35)30-23(15-18-3-5-19(29)6-4-18)28(36)32-13-11-31(12-14-32)20-7-9-21(10-8-20)33(37)38/h3-10,16-17,23H,11-15H2,1-2H3,(H,30,35). The van der Waals surface area contributed by atoms with Gasteiger partial charge in [-0.15, -0.1) is 0 Å². The van der Waals surface area contributed by atoms with Gasteiger partial charge in [0.05, 0.1) is 30.1 Å². The molecule has 3 aromatic rings. The van der Waals surface area contributed by atoms with Gasteiger partial charge in [0.2, 0.25) is 5.91 Å². The number of amides is 2. The fraction of sp³-hybridized carbons (Fsp3) is 0.286. The lowest BCUT2D eigenvalue weighted by Crippen LogP contribution is -2.55. The number of piperazine rings is 1. The summed E-state index contributed by atoms with van der Waals surface area (Å²) in [5, 5.41) is 26.0. The highest BCUT2D eigenvalue weighted by molar-refractivity contribution is 6.30. The summed E-state index contributed by atoms with van der Waals surface area (Å²) in [7, 11) is 2.66. The van der Waals surface area contributed by atoms with Gasteiger partial charge >= 0.3 is 0 Å². The molecule has 1 atom stereocenters. The van der Waals surface area contributed by atoms with E-state index in [9.17, 15) is 29.8 Å². The number of rotatable bonds is 10. The van der Waals surface area contributed by atoms with E-state index >= 15 is 0 Å². The molecule has 1 heterocycles. The van der Waals surface area contributed by atoms with Gasteiger partial charge < -0.3 is 24.6 Å². The summed E-state index contributed by atoms with van der Waals surface area (Å²) in [5.41, 5.74) is 0.723. The Morgan fingerprint density at radius 3 is 2.05 bits per heavy atom. The second kappa shape index (κ2) is 13.2. The van der Waals surface area contributed by atoms with Crippen molar-refractivity contribution >= 4 is 40.5 Å². The zero-order chi connectivity index (χ0) is 30.4. The van der Waals surface area contributed by atoms with Crippen molar-refractivity contribution in [3.8, 4) is 11.5 Å². The lowest BCUT2D eigenvalue weighted by atomic mass is 10.0. The van der Waals surface area contributed by atoms with E-state index < -0.39 is 27.5 Å². The Morgan fingerprint density at radius 2 is 1.50 bits per heavy atom. The molecule has 0 bridgehead atoms. The Balaban J connectivity index is 1.55. The molecule has 0 saturated carbocycles. The molecule has 1 unspecified atom stereocenters. The van der Waals surface area contributed by atoms with E-state index in [0.29, 0.717) is 31.2 Å². The van der Waals surface area contributed by atoms with Crippen molar-refractivity contribution in [1.29, 1.82) is 0 Å². The van der Waals surface area contributed by atoms with Gasteiger partial charge in [0.1, 0.15) is 11.6 Å². The largest absolute Gasteiger partial charge is 0.493 e. The maximum atomic E-state index is 13.8. The number of ether oxygens (including phenoxy) is 2. The van der Waals surface area contributed by atoms with Crippen LogP contribution in [0.2, 0.25) is 5.02 Å². The first kappa shape index (κ1) is 30.1. The highest BCUT2D eigenvalue weighted by atomic mass is 35.5.